The molecule has 4 aliphatic rings. The van der Waals surface area contributed by atoms with Gasteiger partial charge in [-0.3, -0.25) is 14.8 Å². The number of hydrogen-bond donors (Lipinski definition) is 3. The van der Waals surface area contributed by atoms with Gasteiger partial charge in [0.25, 0.3) is 10.1 Å². The molecule has 0 radical (unpaired) electrons. The molecule has 0 bridgehead atoms. The number of aryl methyl sites for hydroxylation is 1. The number of amidine groups is 1. The fourth-order valence-corrected chi connectivity index (χ4v) is 11.2. The van der Waals surface area contributed by atoms with Crippen molar-refractivity contribution in [1.82, 2.24) is 0 Å². The first-order valence-electron chi connectivity index (χ1n) is 15.8. The normalized spacial score (nSPS) is 36.3. The van der Waals surface area contributed by atoms with E-state index in [4.69, 9.17) is 20.4 Å². The largest absolute Gasteiger partial charge is 0.469 e. The average molecular weight is 621 g/mol. The summed E-state index contributed by atoms with van der Waals surface area (Å²) in [5, 5.41) is 8.56. The molecule has 9 unspecified atom stereocenters. The van der Waals surface area contributed by atoms with Gasteiger partial charge in [-0.2, -0.15) is 8.42 Å². The molecule has 42 heavy (non-hydrogen) atoms. The molecule has 0 aliphatic heterocycles. The molecule has 1 aromatic rings. The van der Waals surface area contributed by atoms with E-state index in [1.807, 2.05) is 6.92 Å². The Morgan fingerprint density at radius 3 is 2.33 bits per heavy atom. The van der Waals surface area contributed by atoms with E-state index < -0.39 is 10.1 Å². The molecule has 4 N–H and O–H groups in total. The number of hydrogen-bond acceptors (Lipinski definition) is 6. The third kappa shape index (κ3) is 7.04. The number of methoxy groups -OCH3 is 1. The number of fused-ring (bicyclic) bond motifs is 5. The summed E-state index contributed by atoms with van der Waals surface area (Å²) >= 11 is 1.61. The topological polar surface area (TPSA) is 131 Å². The van der Waals surface area contributed by atoms with Crippen molar-refractivity contribution in [3.8, 4) is 0 Å². The first-order chi connectivity index (χ1) is 19.7. The minimum absolute atomic E-state index is 0.0555. The van der Waals surface area contributed by atoms with Gasteiger partial charge in [0, 0.05) is 11.7 Å². The van der Waals surface area contributed by atoms with Gasteiger partial charge in [-0.05, 0) is 130 Å². The van der Waals surface area contributed by atoms with Crippen molar-refractivity contribution in [1.29, 1.82) is 5.41 Å². The summed E-state index contributed by atoms with van der Waals surface area (Å²) in [4.78, 5) is 11.6. The van der Waals surface area contributed by atoms with Gasteiger partial charge in [0.1, 0.15) is 0 Å². The summed E-state index contributed by atoms with van der Waals surface area (Å²) in [6, 6.07) is 5.99. The number of ether oxygens (including phenoxy) is 1. The molecule has 236 valence electrons. The Morgan fingerprint density at radius 2 is 1.71 bits per heavy atom. The predicted molar refractivity (Wildman–Crippen MR) is 170 cm³/mol. The lowest BCUT2D eigenvalue weighted by atomic mass is 9.44. The van der Waals surface area contributed by atoms with E-state index in [0.717, 1.165) is 41.6 Å². The van der Waals surface area contributed by atoms with E-state index >= 15 is 0 Å². The smallest absolute Gasteiger partial charge is 0.305 e. The first kappa shape index (κ1) is 33.3. The molecule has 9 atom stereocenters. The van der Waals surface area contributed by atoms with Crippen molar-refractivity contribution in [2.75, 3.05) is 7.11 Å². The molecule has 4 saturated carbocycles. The van der Waals surface area contributed by atoms with Gasteiger partial charge in [-0.25, -0.2) is 0 Å². The Labute approximate surface area is 257 Å². The number of carbonyl (C=O) groups is 1. The number of esters is 1. The molecular formula is C33H52N2O5S2. The highest BCUT2D eigenvalue weighted by Gasteiger charge is 2.60. The monoisotopic (exact) mass is 620 g/mol. The second kappa shape index (κ2) is 13.2. The van der Waals surface area contributed by atoms with Crippen LogP contribution in [0, 0.1) is 58.7 Å². The number of nitrogens with one attached hydrogen (secondary N) is 1. The average Bonchev–Trinajstić information content (AvgIpc) is 3.29. The van der Waals surface area contributed by atoms with Crippen LogP contribution in [0.4, 0.5) is 0 Å². The lowest BCUT2D eigenvalue weighted by Gasteiger charge is -2.61. The standard InChI is InChI=1S/C26H44N2O2S.C7H8O3S/c1-16(5-10-23(29)30-4)20-8-9-21-19-7-6-17-15-18(31-24(27)28)11-13-25(17,2)22(19)12-14-26(20,21)3;1-6-2-4-7(5-3-6)11(8,9)10/h16-22H,5-15H2,1-4H3,(H3,27,28);2-5H,1H3,(H,8,9,10). The van der Waals surface area contributed by atoms with Gasteiger partial charge >= 0.3 is 5.97 Å². The second-order valence-electron chi connectivity index (χ2n) is 14.1. The van der Waals surface area contributed by atoms with E-state index in [2.05, 4.69) is 20.8 Å². The van der Waals surface area contributed by atoms with Crippen LogP contribution in [0.15, 0.2) is 29.2 Å². The lowest BCUT2D eigenvalue weighted by Crippen LogP contribution is -2.54. The third-order valence-corrected chi connectivity index (χ3v) is 13.9. The van der Waals surface area contributed by atoms with Gasteiger partial charge in [0.15, 0.2) is 5.17 Å². The lowest BCUT2D eigenvalue weighted by molar-refractivity contribution is -0.141. The van der Waals surface area contributed by atoms with E-state index in [0.29, 0.717) is 33.6 Å². The molecule has 1 aromatic carbocycles. The summed E-state index contributed by atoms with van der Waals surface area (Å²) in [5.41, 5.74) is 7.62. The molecule has 0 heterocycles. The van der Waals surface area contributed by atoms with Crippen molar-refractivity contribution in [3.63, 3.8) is 0 Å². The van der Waals surface area contributed by atoms with Gasteiger partial charge in [-0.1, -0.05) is 50.2 Å². The first-order valence-corrected chi connectivity index (χ1v) is 18.1. The van der Waals surface area contributed by atoms with Crippen molar-refractivity contribution in [2.24, 2.45) is 52.1 Å². The number of carbonyl (C=O) groups excluding carboxylic acids is 1. The maximum Gasteiger partial charge on any atom is 0.305 e. The molecule has 0 spiro atoms. The number of rotatable bonds is 6. The number of thioether (sulfide) groups is 1. The molecule has 0 aromatic heterocycles. The van der Waals surface area contributed by atoms with E-state index in [1.165, 1.54) is 77.0 Å². The van der Waals surface area contributed by atoms with Crippen LogP contribution in [-0.2, 0) is 19.6 Å². The van der Waals surface area contributed by atoms with Crippen molar-refractivity contribution in [3.05, 3.63) is 29.8 Å². The minimum atomic E-state index is -4.02. The molecule has 5 rings (SSSR count). The summed E-state index contributed by atoms with van der Waals surface area (Å²) in [6.07, 6.45) is 13.7. The van der Waals surface area contributed by atoms with Gasteiger partial charge < -0.3 is 10.5 Å². The van der Waals surface area contributed by atoms with Gasteiger partial charge in [0.05, 0.1) is 12.0 Å². The molecular weight excluding hydrogens is 569 g/mol. The molecule has 9 heteroatoms. The molecule has 7 nitrogen and oxygen atoms in total. The van der Waals surface area contributed by atoms with Crippen LogP contribution < -0.4 is 5.73 Å². The zero-order valence-electron chi connectivity index (χ0n) is 26.1. The van der Waals surface area contributed by atoms with Gasteiger partial charge in [0.2, 0.25) is 0 Å². The SMILES string of the molecule is COC(=O)CCC(C)C1CCC2C3CCC4CC(SC(=N)N)CCC4(C)C3CCC12C.Cc1ccc(S(=O)(=O)O)cc1. The summed E-state index contributed by atoms with van der Waals surface area (Å²) < 4.78 is 34.4. The second-order valence-corrected chi connectivity index (χ2v) is 16.9. The van der Waals surface area contributed by atoms with Crippen LogP contribution in [0.3, 0.4) is 0 Å². The zero-order chi connectivity index (χ0) is 30.9. The number of benzene rings is 1. The fourth-order valence-electron chi connectivity index (χ4n) is 9.84. The summed E-state index contributed by atoms with van der Waals surface area (Å²) in [5.74, 6) is 4.79. The van der Waals surface area contributed by atoms with Crippen LogP contribution >= 0.6 is 11.8 Å². The molecule has 4 aliphatic carbocycles. The Morgan fingerprint density at radius 1 is 1.07 bits per heavy atom. The Bertz CT molecular complexity index is 1220. The minimum Gasteiger partial charge on any atom is -0.469 e. The fraction of sp³-hybridized carbons (Fsp3) is 0.758. The quantitative estimate of drug-likeness (QED) is 0.130. The molecule has 4 fully saturated rings. The molecule has 0 saturated heterocycles. The van der Waals surface area contributed by atoms with Crippen molar-refractivity contribution >= 4 is 33.0 Å². The Balaban J connectivity index is 0.000000310. The summed E-state index contributed by atoms with van der Waals surface area (Å²) in [6.45, 7) is 9.46. The maximum absolute atomic E-state index is 11.7. The number of nitrogens with two attached hydrogens (primary N) is 1. The van der Waals surface area contributed by atoms with Crippen molar-refractivity contribution < 1.29 is 22.5 Å². The van der Waals surface area contributed by atoms with Crippen LogP contribution in [0.2, 0.25) is 0 Å². The van der Waals surface area contributed by atoms with Crippen LogP contribution in [0.1, 0.15) is 97.0 Å². The van der Waals surface area contributed by atoms with E-state index in [-0.39, 0.29) is 10.9 Å². The predicted octanol–water partition coefficient (Wildman–Crippen LogP) is 7.47. The highest BCUT2D eigenvalue weighted by atomic mass is 32.2. The highest BCUT2D eigenvalue weighted by molar-refractivity contribution is 8.14. The molecule has 0 amide bonds. The van der Waals surface area contributed by atoms with Crippen LogP contribution in [-0.4, -0.2) is 36.5 Å². The van der Waals surface area contributed by atoms with E-state index in [9.17, 15) is 13.2 Å². The Kier molecular flexibility index (Phi) is 10.5. The van der Waals surface area contributed by atoms with Crippen LogP contribution in [0.25, 0.3) is 0 Å². The highest BCUT2D eigenvalue weighted by Crippen LogP contribution is 2.68. The van der Waals surface area contributed by atoms with Crippen molar-refractivity contribution in [2.45, 2.75) is 108 Å². The van der Waals surface area contributed by atoms with Crippen LogP contribution in [0.5, 0.6) is 0 Å². The van der Waals surface area contributed by atoms with E-state index in [1.54, 1.807) is 23.9 Å². The summed E-state index contributed by atoms with van der Waals surface area (Å²) in [7, 11) is -2.52. The van der Waals surface area contributed by atoms with Gasteiger partial charge in [-0.15, -0.1) is 0 Å². The Hall–Kier alpha value is -1.58. The third-order valence-electron chi connectivity index (χ3n) is 12.0. The maximum atomic E-state index is 11.7. The zero-order valence-corrected chi connectivity index (χ0v) is 27.7.